The monoisotopic (exact) mass is 254 g/mol. The van der Waals surface area contributed by atoms with Crippen LogP contribution >= 0.6 is 12.4 Å². The summed E-state index contributed by atoms with van der Waals surface area (Å²) in [6.45, 7) is 2.97. The van der Waals surface area contributed by atoms with Gasteiger partial charge in [0.05, 0.1) is 6.54 Å². The minimum atomic E-state index is -2.17. The second-order valence-corrected chi connectivity index (χ2v) is 4.77. The fourth-order valence-corrected chi connectivity index (χ4v) is 2.39. The number of hydrogen-bond acceptors (Lipinski definition) is 2. The molecular formula is C11H21ClF2N2. The van der Waals surface area contributed by atoms with Gasteiger partial charge in [0.25, 0.3) is 6.43 Å². The SMILES string of the molecule is Cl.FC(F)CN(CC1CCNCC1)C1CC1. The van der Waals surface area contributed by atoms with Crippen molar-refractivity contribution in [2.75, 3.05) is 26.2 Å². The maximum absolute atomic E-state index is 12.4. The van der Waals surface area contributed by atoms with Gasteiger partial charge in [0, 0.05) is 12.6 Å². The van der Waals surface area contributed by atoms with Gasteiger partial charge in [-0.25, -0.2) is 8.78 Å². The molecule has 16 heavy (non-hydrogen) atoms. The Hall–Kier alpha value is 0.0700. The van der Waals surface area contributed by atoms with Crippen LogP contribution in [0.15, 0.2) is 0 Å². The van der Waals surface area contributed by atoms with Crippen LogP contribution in [0.3, 0.4) is 0 Å². The van der Waals surface area contributed by atoms with Gasteiger partial charge >= 0.3 is 0 Å². The van der Waals surface area contributed by atoms with Gasteiger partial charge in [0.15, 0.2) is 0 Å². The summed E-state index contributed by atoms with van der Waals surface area (Å²) in [5.74, 6) is 0.630. The lowest BCUT2D eigenvalue weighted by atomic mass is 9.97. The number of hydrogen-bond donors (Lipinski definition) is 1. The van der Waals surface area contributed by atoms with E-state index in [-0.39, 0.29) is 19.0 Å². The van der Waals surface area contributed by atoms with Gasteiger partial charge < -0.3 is 5.32 Å². The molecule has 0 atom stereocenters. The third kappa shape index (κ3) is 4.52. The van der Waals surface area contributed by atoms with E-state index in [1.165, 1.54) is 0 Å². The molecule has 0 radical (unpaired) electrons. The van der Waals surface area contributed by atoms with Gasteiger partial charge in [-0.15, -0.1) is 12.4 Å². The first-order valence-electron chi connectivity index (χ1n) is 5.98. The van der Waals surface area contributed by atoms with Crippen molar-refractivity contribution >= 4 is 12.4 Å². The van der Waals surface area contributed by atoms with Crippen molar-refractivity contribution in [2.24, 2.45) is 5.92 Å². The Kier molecular flexibility index (Phi) is 5.94. The molecule has 1 N–H and O–H groups in total. The van der Waals surface area contributed by atoms with Gasteiger partial charge in [0.2, 0.25) is 0 Å². The van der Waals surface area contributed by atoms with Crippen molar-refractivity contribution in [3.05, 3.63) is 0 Å². The smallest absolute Gasteiger partial charge is 0.251 e. The molecule has 0 aromatic heterocycles. The van der Waals surface area contributed by atoms with Crippen LogP contribution in [-0.2, 0) is 0 Å². The summed E-state index contributed by atoms with van der Waals surface area (Å²) in [7, 11) is 0. The molecule has 0 amide bonds. The molecular weight excluding hydrogens is 234 g/mol. The van der Waals surface area contributed by atoms with Gasteiger partial charge in [-0.1, -0.05) is 0 Å². The first-order chi connectivity index (χ1) is 7.25. The van der Waals surface area contributed by atoms with Gasteiger partial charge in [-0.05, 0) is 44.7 Å². The second kappa shape index (κ2) is 6.72. The Balaban J connectivity index is 0.00000128. The molecule has 1 aliphatic carbocycles. The van der Waals surface area contributed by atoms with Crippen molar-refractivity contribution in [1.29, 1.82) is 0 Å². The van der Waals surface area contributed by atoms with Crippen LogP contribution in [0.1, 0.15) is 25.7 Å². The Morgan fingerprint density at radius 1 is 1.12 bits per heavy atom. The molecule has 5 heteroatoms. The van der Waals surface area contributed by atoms with Crippen LogP contribution < -0.4 is 5.32 Å². The molecule has 0 aromatic rings. The Labute approximate surface area is 102 Å². The Morgan fingerprint density at radius 3 is 2.25 bits per heavy atom. The van der Waals surface area contributed by atoms with Crippen molar-refractivity contribution in [1.82, 2.24) is 10.2 Å². The number of nitrogens with one attached hydrogen (secondary N) is 1. The van der Waals surface area contributed by atoms with Crippen molar-refractivity contribution < 1.29 is 8.78 Å². The average Bonchev–Trinajstić information content (AvgIpc) is 3.01. The first kappa shape index (κ1) is 14.1. The minimum absolute atomic E-state index is 0. The molecule has 96 valence electrons. The standard InChI is InChI=1S/C11H20F2N2.ClH/c12-11(13)8-15(10-1-2-10)7-9-3-5-14-6-4-9;/h9-11,14H,1-8H2;1H. The topological polar surface area (TPSA) is 15.3 Å². The fourth-order valence-electron chi connectivity index (χ4n) is 2.39. The van der Waals surface area contributed by atoms with Gasteiger partial charge in [-0.2, -0.15) is 0 Å². The normalized spacial score (nSPS) is 22.5. The predicted octanol–water partition coefficient (Wildman–Crippen LogP) is 2.14. The zero-order chi connectivity index (χ0) is 10.7. The highest BCUT2D eigenvalue weighted by Crippen LogP contribution is 2.29. The van der Waals surface area contributed by atoms with E-state index in [4.69, 9.17) is 0 Å². The molecule has 0 bridgehead atoms. The number of rotatable bonds is 5. The first-order valence-corrected chi connectivity index (χ1v) is 5.98. The zero-order valence-corrected chi connectivity index (χ0v) is 10.3. The van der Waals surface area contributed by atoms with E-state index in [0.29, 0.717) is 12.0 Å². The van der Waals surface area contributed by atoms with Gasteiger partial charge in [0.1, 0.15) is 0 Å². The molecule has 1 heterocycles. The number of halogens is 3. The summed E-state index contributed by atoms with van der Waals surface area (Å²) in [6, 6.07) is 0.467. The maximum atomic E-state index is 12.4. The van der Waals surface area contributed by atoms with E-state index in [9.17, 15) is 8.78 Å². The van der Waals surface area contributed by atoms with Crippen LogP contribution in [0.2, 0.25) is 0 Å². The largest absolute Gasteiger partial charge is 0.317 e. The van der Waals surface area contributed by atoms with Gasteiger partial charge in [-0.3, -0.25) is 4.90 Å². The molecule has 2 aliphatic rings. The summed E-state index contributed by atoms with van der Waals surface area (Å²) >= 11 is 0. The van der Waals surface area contributed by atoms with E-state index in [1.54, 1.807) is 0 Å². The highest BCUT2D eigenvalue weighted by Gasteiger charge is 2.32. The van der Waals surface area contributed by atoms with E-state index >= 15 is 0 Å². The van der Waals surface area contributed by atoms with E-state index < -0.39 is 6.43 Å². The molecule has 0 aromatic carbocycles. The lowest BCUT2D eigenvalue weighted by molar-refractivity contribution is 0.0723. The molecule has 2 nitrogen and oxygen atoms in total. The fraction of sp³-hybridized carbons (Fsp3) is 1.00. The third-order valence-corrected chi connectivity index (χ3v) is 3.39. The molecule has 0 unspecified atom stereocenters. The molecule has 1 saturated carbocycles. The number of piperidine rings is 1. The lowest BCUT2D eigenvalue weighted by Crippen LogP contribution is -2.39. The van der Waals surface area contributed by atoms with Crippen LogP contribution in [-0.4, -0.2) is 43.5 Å². The predicted molar refractivity (Wildman–Crippen MR) is 63.4 cm³/mol. The average molecular weight is 255 g/mol. The number of alkyl halides is 2. The zero-order valence-electron chi connectivity index (χ0n) is 9.50. The van der Waals surface area contributed by atoms with Crippen molar-refractivity contribution in [3.63, 3.8) is 0 Å². The van der Waals surface area contributed by atoms with Crippen LogP contribution in [0.4, 0.5) is 8.78 Å². The Bertz CT molecular complexity index is 194. The molecule has 2 rings (SSSR count). The maximum Gasteiger partial charge on any atom is 0.251 e. The summed E-state index contributed by atoms with van der Waals surface area (Å²) in [5, 5.41) is 3.31. The van der Waals surface area contributed by atoms with Crippen LogP contribution in [0, 0.1) is 5.92 Å². The van der Waals surface area contributed by atoms with Crippen molar-refractivity contribution in [2.45, 2.75) is 38.2 Å². The number of nitrogens with zero attached hydrogens (tertiary/aromatic N) is 1. The molecule has 0 spiro atoms. The molecule has 2 fully saturated rings. The van der Waals surface area contributed by atoms with E-state index in [0.717, 1.165) is 45.3 Å². The van der Waals surface area contributed by atoms with Crippen molar-refractivity contribution in [3.8, 4) is 0 Å². The highest BCUT2D eigenvalue weighted by atomic mass is 35.5. The summed E-state index contributed by atoms with van der Waals surface area (Å²) < 4.78 is 24.7. The highest BCUT2D eigenvalue weighted by molar-refractivity contribution is 5.85. The Morgan fingerprint density at radius 2 is 1.75 bits per heavy atom. The lowest BCUT2D eigenvalue weighted by Gasteiger charge is -2.29. The summed E-state index contributed by atoms with van der Waals surface area (Å²) in [6.07, 6.45) is 2.36. The quantitative estimate of drug-likeness (QED) is 0.809. The van der Waals surface area contributed by atoms with E-state index in [2.05, 4.69) is 5.32 Å². The van der Waals surface area contributed by atoms with Crippen LogP contribution in [0.25, 0.3) is 0 Å². The second-order valence-electron chi connectivity index (χ2n) is 4.77. The van der Waals surface area contributed by atoms with Crippen LogP contribution in [0.5, 0.6) is 0 Å². The summed E-state index contributed by atoms with van der Waals surface area (Å²) in [4.78, 5) is 2.01. The summed E-state index contributed by atoms with van der Waals surface area (Å²) in [5.41, 5.74) is 0. The molecule has 1 aliphatic heterocycles. The van der Waals surface area contributed by atoms with E-state index in [1.807, 2.05) is 4.90 Å². The minimum Gasteiger partial charge on any atom is -0.317 e. The molecule has 1 saturated heterocycles. The third-order valence-electron chi connectivity index (χ3n) is 3.39.